The summed E-state index contributed by atoms with van der Waals surface area (Å²) in [5.41, 5.74) is 1.41. The fraction of sp³-hybridized carbons (Fsp3) is 0.360. The van der Waals surface area contributed by atoms with Gasteiger partial charge in [0.25, 0.3) is 0 Å². The van der Waals surface area contributed by atoms with Crippen LogP contribution in [0.2, 0.25) is 0 Å². The lowest BCUT2D eigenvalue weighted by atomic mass is 9.90. The Labute approximate surface area is 202 Å². The summed E-state index contributed by atoms with van der Waals surface area (Å²) in [7, 11) is 5.76. The molecule has 0 aliphatic carbocycles. The second kappa shape index (κ2) is 10.0. The van der Waals surface area contributed by atoms with E-state index in [2.05, 4.69) is 0 Å². The summed E-state index contributed by atoms with van der Waals surface area (Å²) in [6.07, 6.45) is -0.688. The predicted octanol–water partition coefficient (Wildman–Crippen LogP) is 3.28. The van der Waals surface area contributed by atoms with Crippen molar-refractivity contribution >= 4 is 17.7 Å². The fourth-order valence-electron chi connectivity index (χ4n) is 4.15. The van der Waals surface area contributed by atoms with Crippen LogP contribution in [-0.2, 0) is 23.8 Å². The van der Waals surface area contributed by atoms with Gasteiger partial charge in [-0.05, 0) is 29.8 Å². The lowest BCUT2D eigenvalue weighted by Crippen LogP contribution is -2.23. The van der Waals surface area contributed by atoms with E-state index in [1.165, 1.54) is 35.4 Å². The average molecular weight is 486 g/mol. The molecule has 35 heavy (non-hydrogen) atoms. The maximum atomic E-state index is 13.0. The Morgan fingerprint density at radius 1 is 0.943 bits per heavy atom. The molecule has 0 fully saturated rings. The molecule has 0 amide bonds. The molecule has 2 unspecified atom stereocenters. The molecule has 10 heteroatoms. The Balaban J connectivity index is 1.85. The van der Waals surface area contributed by atoms with Crippen LogP contribution in [0.3, 0.4) is 0 Å². The van der Waals surface area contributed by atoms with Gasteiger partial charge < -0.3 is 37.9 Å². The van der Waals surface area contributed by atoms with Crippen LogP contribution in [0.4, 0.5) is 0 Å². The first-order chi connectivity index (χ1) is 16.9. The molecular weight excluding hydrogens is 460 g/mol. The van der Waals surface area contributed by atoms with E-state index in [1.807, 2.05) is 6.07 Å². The molecule has 2 aliphatic rings. The zero-order valence-electron chi connectivity index (χ0n) is 20.0. The third-order valence-electron chi connectivity index (χ3n) is 5.75. The molecule has 2 atom stereocenters. The van der Waals surface area contributed by atoms with Crippen LogP contribution < -0.4 is 23.7 Å². The highest BCUT2D eigenvalue weighted by molar-refractivity contribution is 5.98. The lowest BCUT2D eigenvalue weighted by molar-refractivity contribution is -0.144. The van der Waals surface area contributed by atoms with Gasteiger partial charge >= 0.3 is 11.9 Å². The molecule has 0 radical (unpaired) electrons. The number of carbonyl (C=O) groups is 2. The SMILES string of the molecule is COC(=O)C1=C(c2cc(OC)c(OC)c(OC)c2)OC(c2ccc3c(c2)OCO3)C1COC(C)=O. The third kappa shape index (κ3) is 4.51. The summed E-state index contributed by atoms with van der Waals surface area (Å²) >= 11 is 0. The van der Waals surface area contributed by atoms with Gasteiger partial charge in [-0.15, -0.1) is 0 Å². The highest BCUT2D eigenvalue weighted by Gasteiger charge is 2.44. The first-order valence-corrected chi connectivity index (χ1v) is 10.7. The Bertz CT molecular complexity index is 1140. The number of hydrogen-bond donors (Lipinski definition) is 0. The zero-order valence-corrected chi connectivity index (χ0v) is 20.0. The summed E-state index contributed by atoms with van der Waals surface area (Å²) in [6.45, 7) is 1.31. The largest absolute Gasteiger partial charge is 0.493 e. The first-order valence-electron chi connectivity index (χ1n) is 10.7. The molecule has 0 bridgehead atoms. The van der Waals surface area contributed by atoms with E-state index in [4.69, 9.17) is 37.9 Å². The van der Waals surface area contributed by atoms with Crippen LogP contribution in [0.1, 0.15) is 24.2 Å². The van der Waals surface area contributed by atoms with Gasteiger partial charge in [-0.2, -0.15) is 0 Å². The summed E-state index contributed by atoms with van der Waals surface area (Å²) in [5.74, 6) is 0.787. The van der Waals surface area contributed by atoms with Crippen LogP contribution in [0.15, 0.2) is 35.9 Å². The minimum Gasteiger partial charge on any atom is -0.493 e. The van der Waals surface area contributed by atoms with Crippen molar-refractivity contribution in [2.45, 2.75) is 13.0 Å². The second-order valence-electron chi connectivity index (χ2n) is 7.71. The minimum atomic E-state index is -0.688. The van der Waals surface area contributed by atoms with Gasteiger partial charge in [-0.1, -0.05) is 6.07 Å². The number of carbonyl (C=O) groups excluding carboxylic acids is 2. The van der Waals surface area contributed by atoms with Gasteiger partial charge in [0.05, 0.1) is 39.9 Å². The van der Waals surface area contributed by atoms with Crippen molar-refractivity contribution in [1.82, 2.24) is 0 Å². The molecule has 186 valence electrons. The number of fused-ring (bicyclic) bond motifs is 1. The summed E-state index contributed by atoms with van der Waals surface area (Å²) in [4.78, 5) is 24.7. The maximum Gasteiger partial charge on any atom is 0.338 e. The molecule has 2 aromatic carbocycles. The fourth-order valence-corrected chi connectivity index (χ4v) is 4.15. The van der Waals surface area contributed by atoms with Crippen LogP contribution in [0, 0.1) is 5.92 Å². The van der Waals surface area contributed by atoms with E-state index in [1.54, 1.807) is 24.3 Å². The van der Waals surface area contributed by atoms with Crippen molar-refractivity contribution in [3.05, 3.63) is 47.0 Å². The van der Waals surface area contributed by atoms with E-state index in [0.717, 1.165) is 0 Å². The van der Waals surface area contributed by atoms with Crippen LogP contribution in [0.5, 0.6) is 28.7 Å². The lowest BCUT2D eigenvalue weighted by Gasteiger charge is -2.21. The molecule has 0 spiro atoms. The van der Waals surface area contributed by atoms with Crippen LogP contribution >= 0.6 is 0 Å². The number of ether oxygens (including phenoxy) is 8. The number of benzene rings is 2. The minimum absolute atomic E-state index is 0.104. The second-order valence-corrected chi connectivity index (χ2v) is 7.71. The Morgan fingerprint density at radius 3 is 2.23 bits per heavy atom. The summed E-state index contributed by atoms with van der Waals surface area (Å²) in [5, 5.41) is 0. The average Bonchev–Trinajstić information content (AvgIpc) is 3.50. The van der Waals surface area contributed by atoms with Crippen LogP contribution in [0.25, 0.3) is 5.76 Å². The number of hydrogen-bond acceptors (Lipinski definition) is 10. The van der Waals surface area contributed by atoms with Crippen molar-refractivity contribution in [1.29, 1.82) is 0 Å². The number of esters is 2. The van der Waals surface area contributed by atoms with Crippen molar-refractivity contribution in [2.24, 2.45) is 5.92 Å². The molecule has 2 heterocycles. The van der Waals surface area contributed by atoms with E-state index < -0.39 is 24.0 Å². The summed E-state index contributed by atoms with van der Waals surface area (Å²) in [6, 6.07) is 8.70. The molecule has 10 nitrogen and oxygen atoms in total. The van der Waals surface area contributed by atoms with Gasteiger partial charge in [-0.3, -0.25) is 4.79 Å². The Kier molecular flexibility index (Phi) is 6.90. The molecule has 4 rings (SSSR count). The number of rotatable bonds is 8. The van der Waals surface area contributed by atoms with Gasteiger partial charge in [0.15, 0.2) is 23.0 Å². The zero-order chi connectivity index (χ0) is 25.1. The topological polar surface area (TPSA) is 108 Å². The molecular formula is C25H26O10. The predicted molar refractivity (Wildman–Crippen MR) is 122 cm³/mol. The normalized spacial score (nSPS) is 18.1. The monoisotopic (exact) mass is 486 g/mol. The van der Waals surface area contributed by atoms with Gasteiger partial charge in [0.2, 0.25) is 12.5 Å². The summed E-state index contributed by atoms with van der Waals surface area (Å²) < 4.78 is 44.1. The third-order valence-corrected chi connectivity index (χ3v) is 5.75. The molecule has 0 saturated heterocycles. The molecule has 0 saturated carbocycles. The number of methoxy groups -OCH3 is 4. The Hall–Kier alpha value is -4.08. The smallest absolute Gasteiger partial charge is 0.338 e. The first kappa shape index (κ1) is 24.1. The van der Waals surface area contributed by atoms with Gasteiger partial charge in [-0.25, -0.2) is 4.79 Å². The van der Waals surface area contributed by atoms with Crippen molar-refractivity contribution in [3.8, 4) is 28.7 Å². The van der Waals surface area contributed by atoms with E-state index in [0.29, 0.717) is 39.9 Å². The molecule has 2 aromatic rings. The van der Waals surface area contributed by atoms with Gasteiger partial charge in [0, 0.05) is 12.5 Å². The van der Waals surface area contributed by atoms with Crippen molar-refractivity contribution in [3.63, 3.8) is 0 Å². The highest BCUT2D eigenvalue weighted by atomic mass is 16.7. The Morgan fingerprint density at radius 2 is 1.63 bits per heavy atom. The quantitative estimate of drug-likeness (QED) is 0.516. The standard InChI is InChI=1S/C25H26O10/c1-13(26)32-11-16-21(25(27)31-5)23(15-9-19(28-2)24(30-4)20(10-15)29-3)35-22(16)14-6-7-17-18(8-14)34-12-33-17/h6-10,16,22H,11-12H2,1-5H3. The van der Waals surface area contributed by atoms with E-state index in [9.17, 15) is 9.59 Å². The molecule has 0 aromatic heterocycles. The molecule has 2 aliphatic heterocycles. The van der Waals surface area contributed by atoms with Crippen LogP contribution in [-0.4, -0.2) is 53.8 Å². The van der Waals surface area contributed by atoms with Crippen molar-refractivity contribution in [2.75, 3.05) is 41.8 Å². The highest BCUT2D eigenvalue weighted by Crippen LogP contribution is 2.50. The van der Waals surface area contributed by atoms with E-state index in [-0.39, 0.29) is 24.7 Å². The molecule has 0 N–H and O–H groups in total. The maximum absolute atomic E-state index is 13.0. The van der Waals surface area contributed by atoms with E-state index >= 15 is 0 Å². The van der Waals surface area contributed by atoms with Crippen molar-refractivity contribution < 1.29 is 47.5 Å². The van der Waals surface area contributed by atoms with Gasteiger partial charge in [0.1, 0.15) is 18.5 Å².